The zero-order valence-corrected chi connectivity index (χ0v) is 14.9. The third-order valence-electron chi connectivity index (χ3n) is 4.51. The lowest BCUT2D eigenvalue weighted by atomic mass is 9.96. The summed E-state index contributed by atoms with van der Waals surface area (Å²) >= 11 is 0. The average molecular weight is 334 g/mol. The molecule has 0 radical (unpaired) electrons. The van der Waals surface area contributed by atoms with Crippen molar-refractivity contribution in [3.63, 3.8) is 0 Å². The van der Waals surface area contributed by atoms with E-state index in [-0.39, 0.29) is 5.91 Å². The third kappa shape index (κ3) is 6.49. The third-order valence-corrected chi connectivity index (χ3v) is 4.51. The second-order valence-electron chi connectivity index (χ2n) is 6.34. The highest BCUT2D eigenvalue weighted by atomic mass is 16.5. The molecule has 1 amide bonds. The maximum atomic E-state index is 12.1. The Kier molecular flexibility index (Phi) is 8.05. The van der Waals surface area contributed by atoms with Crippen LogP contribution in [0.3, 0.4) is 0 Å². The van der Waals surface area contributed by atoms with E-state index in [4.69, 9.17) is 9.47 Å². The van der Waals surface area contributed by atoms with Gasteiger partial charge in [0, 0.05) is 20.2 Å². The molecular weight excluding hydrogens is 304 g/mol. The summed E-state index contributed by atoms with van der Waals surface area (Å²) in [5.41, 5.74) is 1.02. The number of methoxy groups -OCH3 is 1. The molecule has 0 bridgehead atoms. The molecule has 0 saturated carbocycles. The molecule has 1 fully saturated rings. The normalized spacial score (nSPS) is 16.1. The fourth-order valence-electron chi connectivity index (χ4n) is 3.01. The van der Waals surface area contributed by atoms with E-state index in [0.717, 1.165) is 56.9 Å². The minimum atomic E-state index is 0.0981. The zero-order valence-electron chi connectivity index (χ0n) is 14.9. The molecule has 1 aromatic rings. The molecule has 1 N–H and O–H groups in total. The van der Waals surface area contributed by atoms with Crippen molar-refractivity contribution in [3.8, 4) is 5.75 Å². The summed E-state index contributed by atoms with van der Waals surface area (Å²) in [5, 5.41) is 3.09. The second kappa shape index (κ2) is 10.3. The van der Waals surface area contributed by atoms with Crippen molar-refractivity contribution >= 4 is 5.91 Å². The molecule has 1 aliphatic heterocycles. The van der Waals surface area contributed by atoms with Crippen LogP contribution in [0.5, 0.6) is 5.75 Å². The number of nitrogens with one attached hydrogen (secondary N) is 1. The summed E-state index contributed by atoms with van der Waals surface area (Å²) in [4.78, 5) is 14.5. The lowest BCUT2D eigenvalue weighted by Gasteiger charge is -2.31. The Labute approximate surface area is 145 Å². The van der Waals surface area contributed by atoms with E-state index >= 15 is 0 Å². The van der Waals surface area contributed by atoms with Crippen LogP contribution in [0.25, 0.3) is 0 Å². The van der Waals surface area contributed by atoms with Gasteiger partial charge in [-0.05, 0) is 56.5 Å². The van der Waals surface area contributed by atoms with Gasteiger partial charge in [0.1, 0.15) is 5.75 Å². The Morgan fingerprint density at radius 1 is 1.25 bits per heavy atom. The van der Waals surface area contributed by atoms with Gasteiger partial charge in [0.25, 0.3) is 0 Å². The SMILES string of the molecule is CCOc1ccc(CC(=O)NCC2CCN(CCOC)CC2)cc1. The van der Waals surface area contributed by atoms with Crippen LogP contribution in [0.4, 0.5) is 0 Å². The van der Waals surface area contributed by atoms with Crippen molar-refractivity contribution in [2.75, 3.05) is 46.5 Å². The highest BCUT2D eigenvalue weighted by molar-refractivity contribution is 5.78. The first-order chi connectivity index (χ1) is 11.7. The average Bonchev–Trinajstić information content (AvgIpc) is 2.61. The van der Waals surface area contributed by atoms with Gasteiger partial charge in [-0.15, -0.1) is 0 Å². The number of rotatable bonds is 9. The maximum Gasteiger partial charge on any atom is 0.224 e. The smallest absolute Gasteiger partial charge is 0.224 e. The van der Waals surface area contributed by atoms with Crippen LogP contribution in [0, 0.1) is 5.92 Å². The van der Waals surface area contributed by atoms with Crippen LogP contribution in [0.15, 0.2) is 24.3 Å². The summed E-state index contributed by atoms with van der Waals surface area (Å²) in [6, 6.07) is 7.75. The Hall–Kier alpha value is -1.59. The van der Waals surface area contributed by atoms with Crippen molar-refractivity contribution in [2.45, 2.75) is 26.2 Å². The molecule has 5 heteroatoms. The second-order valence-corrected chi connectivity index (χ2v) is 6.34. The van der Waals surface area contributed by atoms with Crippen LogP contribution >= 0.6 is 0 Å². The number of amides is 1. The van der Waals surface area contributed by atoms with E-state index in [2.05, 4.69) is 10.2 Å². The van der Waals surface area contributed by atoms with E-state index in [1.165, 1.54) is 0 Å². The van der Waals surface area contributed by atoms with Crippen LogP contribution in [-0.2, 0) is 16.0 Å². The van der Waals surface area contributed by atoms with E-state index in [1.54, 1.807) is 7.11 Å². The van der Waals surface area contributed by atoms with Gasteiger partial charge in [-0.25, -0.2) is 0 Å². The lowest BCUT2D eigenvalue weighted by Crippen LogP contribution is -2.40. The molecule has 1 heterocycles. The van der Waals surface area contributed by atoms with Crippen molar-refractivity contribution < 1.29 is 14.3 Å². The highest BCUT2D eigenvalue weighted by Crippen LogP contribution is 2.16. The molecule has 1 aliphatic rings. The highest BCUT2D eigenvalue weighted by Gasteiger charge is 2.19. The van der Waals surface area contributed by atoms with Crippen molar-refractivity contribution in [3.05, 3.63) is 29.8 Å². The van der Waals surface area contributed by atoms with Gasteiger partial charge in [-0.3, -0.25) is 4.79 Å². The molecule has 134 valence electrons. The standard InChI is InChI=1S/C19H30N2O3/c1-3-24-18-6-4-16(5-7-18)14-19(22)20-15-17-8-10-21(11-9-17)12-13-23-2/h4-7,17H,3,8-15H2,1-2H3,(H,20,22). The molecule has 1 aromatic carbocycles. The van der Waals surface area contributed by atoms with Crippen LogP contribution in [0.2, 0.25) is 0 Å². The first-order valence-electron chi connectivity index (χ1n) is 8.91. The van der Waals surface area contributed by atoms with Crippen LogP contribution in [0.1, 0.15) is 25.3 Å². The van der Waals surface area contributed by atoms with Crippen molar-refractivity contribution in [1.82, 2.24) is 10.2 Å². The Morgan fingerprint density at radius 2 is 1.96 bits per heavy atom. The number of hydrogen-bond donors (Lipinski definition) is 1. The molecule has 0 unspecified atom stereocenters. The van der Waals surface area contributed by atoms with Crippen LogP contribution in [-0.4, -0.2) is 57.3 Å². The fraction of sp³-hybridized carbons (Fsp3) is 0.632. The molecule has 0 atom stereocenters. The predicted octanol–water partition coefficient (Wildman–Crippen LogP) is 2.10. The summed E-state index contributed by atoms with van der Waals surface area (Å²) in [7, 11) is 1.74. The number of piperidine rings is 1. The van der Waals surface area contributed by atoms with Gasteiger partial charge in [0.2, 0.25) is 5.91 Å². The Bertz CT molecular complexity index is 482. The van der Waals surface area contributed by atoms with E-state index < -0.39 is 0 Å². The molecule has 0 aliphatic carbocycles. The first kappa shape index (κ1) is 18.7. The van der Waals surface area contributed by atoms with Crippen LogP contribution < -0.4 is 10.1 Å². The minimum Gasteiger partial charge on any atom is -0.494 e. The fourth-order valence-corrected chi connectivity index (χ4v) is 3.01. The number of benzene rings is 1. The Morgan fingerprint density at radius 3 is 2.58 bits per heavy atom. The maximum absolute atomic E-state index is 12.1. The number of carbonyl (C=O) groups excluding carboxylic acids is 1. The van der Waals surface area contributed by atoms with E-state index in [9.17, 15) is 4.79 Å². The molecule has 24 heavy (non-hydrogen) atoms. The van der Waals surface area contributed by atoms with Gasteiger partial charge >= 0.3 is 0 Å². The van der Waals surface area contributed by atoms with Crippen molar-refractivity contribution in [2.24, 2.45) is 5.92 Å². The minimum absolute atomic E-state index is 0.0981. The molecular formula is C19H30N2O3. The topological polar surface area (TPSA) is 50.8 Å². The lowest BCUT2D eigenvalue weighted by molar-refractivity contribution is -0.120. The van der Waals surface area contributed by atoms with E-state index in [1.807, 2.05) is 31.2 Å². The van der Waals surface area contributed by atoms with Gasteiger partial charge in [-0.2, -0.15) is 0 Å². The van der Waals surface area contributed by atoms with Gasteiger partial charge in [0.05, 0.1) is 19.6 Å². The summed E-state index contributed by atoms with van der Waals surface area (Å²) in [6.45, 7) is 7.41. The molecule has 0 spiro atoms. The number of nitrogens with zero attached hydrogens (tertiary/aromatic N) is 1. The molecule has 1 saturated heterocycles. The predicted molar refractivity (Wildman–Crippen MR) is 95.4 cm³/mol. The number of likely N-dealkylation sites (tertiary alicyclic amines) is 1. The zero-order chi connectivity index (χ0) is 17.2. The van der Waals surface area contributed by atoms with Gasteiger partial charge in [0.15, 0.2) is 0 Å². The number of ether oxygens (including phenoxy) is 2. The van der Waals surface area contributed by atoms with Gasteiger partial charge in [-0.1, -0.05) is 12.1 Å². The number of carbonyl (C=O) groups is 1. The molecule has 2 rings (SSSR count). The first-order valence-corrected chi connectivity index (χ1v) is 8.91. The Balaban J connectivity index is 1.64. The molecule has 5 nitrogen and oxygen atoms in total. The largest absolute Gasteiger partial charge is 0.494 e. The van der Waals surface area contributed by atoms with Crippen molar-refractivity contribution in [1.29, 1.82) is 0 Å². The quantitative estimate of drug-likeness (QED) is 0.751. The molecule has 0 aromatic heterocycles. The van der Waals surface area contributed by atoms with E-state index in [0.29, 0.717) is 18.9 Å². The van der Waals surface area contributed by atoms with Gasteiger partial charge < -0.3 is 19.7 Å². The summed E-state index contributed by atoms with van der Waals surface area (Å²) in [5.74, 6) is 1.54. The summed E-state index contributed by atoms with van der Waals surface area (Å²) in [6.07, 6.45) is 2.72. The number of hydrogen-bond acceptors (Lipinski definition) is 4. The summed E-state index contributed by atoms with van der Waals surface area (Å²) < 4.78 is 10.5. The monoisotopic (exact) mass is 334 g/mol.